The number of furan rings is 1. The molecule has 0 radical (unpaired) electrons. The molecule has 0 saturated carbocycles. The van der Waals surface area contributed by atoms with Gasteiger partial charge in [0.2, 0.25) is 11.7 Å². The fraction of sp³-hybridized carbons (Fsp3) is 0.571. The molecule has 160 valence electrons. The Morgan fingerprint density at radius 2 is 2.07 bits per heavy atom. The maximum Gasteiger partial charge on any atom is 0.228 e. The van der Waals surface area contributed by atoms with E-state index < -0.39 is 0 Å². The van der Waals surface area contributed by atoms with Crippen molar-refractivity contribution in [1.82, 2.24) is 19.9 Å². The third kappa shape index (κ3) is 4.27. The molecule has 1 atom stereocenters. The maximum atomic E-state index is 5.91. The van der Waals surface area contributed by atoms with Crippen LogP contribution in [0.3, 0.4) is 0 Å². The van der Waals surface area contributed by atoms with Gasteiger partial charge in [0.25, 0.3) is 0 Å². The average Bonchev–Trinajstić information content (AvgIpc) is 3.55. The van der Waals surface area contributed by atoms with E-state index in [1.54, 1.807) is 18.0 Å². The molecule has 0 unspecified atom stereocenters. The lowest BCUT2D eigenvalue weighted by molar-refractivity contribution is 0.0951. The normalized spacial score (nSPS) is 20.3. The summed E-state index contributed by atoms with van der Waals surface area (Å²) in [4.78, 5) is 2.37. The van der Waals surface area contributed by atoms with Gasteiger partial charge in [-0.05, 0) is 43.7 Å². The fourth-order valence-electron chi connectivity index (χ4n) is 4.04. The number of nitrogens with zero attached hydrogens (tertiary/aromatic N) is 5. The number of piperidine rings is 1. The summed E-state index contributed by atoms with van der Waals surface area (Å²) >= 11 is 1.63. The topological polar surface area (TPSA) is 82.4 Å². The molecule has 0 aromatic carbocycles. The SMILES string of the molecule is CC1CCN(c2nnc(SCc3cc(-c4ccco4)on3)n2C[C@H]2CCCO2)CC1. The fourth-order valence-corrected chi connectivity index (χ4v) is 4.86. The molecule has 9 heteroatoms. The molecule has 0 N–H and O–H groups in total. The second kappa shape index (κ2) is 8.85. The lowest BCUT2D eigenvalue weighted by Gasteiger charge is -2.31. The number of hydrogen-bond donors (Lipinski definition) is 0. The standard InChI is InChI=1S/C21H27N5O3S/c1-15-6-8-25(9-7-15)20-22-23-21(26(20)13-17-4-2-10-27-17)30-14-16-12-19(29-24-16)18-5-3-11-28-18/h3,5,11-12,15,17H,2,4,6-10,13-14H2,1H3/t17-/m1/s1. The lowest BCUT2D eigenvalue weighted by Crippen LogP contribution is -2.35. The van der Waals surface area contributed by atoms with Crippen LogP contribution in [-0.2, 0) is 17.0 Å². The van der Waals surface area contributed by atoms with E-state index in [1.807, 2.05) is 18.2 Å². The summed E-state index contributed by atoms with van der Waals surface area (Å²) < 4.78 is 18.9. The van der Waals surface area contributed by atoms with Crippen molar-refractivity contribution < 1.29 is 13.7 Å². The summed E-state index contributed by atoms with van der Waals surface area (Å²) in [5, 5.41) is 14.2. The van der Waals surface area contributed by atoms with Crippen LogP contribution in [0.4, 0.5) is 5.95 Å². The number of aromatic nitrogens is 4. The van der Waals surface area contributed by atoms with Crippen molar-refractivity contribution in [2.45, 2.75) is 56.2 Å². The predicted molar refractivity (Wildman–Crippen MR) is 113 cm³/mol. The zero-order valence-electron chi connectivity index (χ0n) is 17.2. The third-order valence-corrected chi connectivity index (χ3v) is 6.85. The largest absolute Gasteiger partial charge is 0.461 e. The molecular formula is C21H27N5O3S. The summed E-state index contributed by atoms with van der Waals surface area (Å²) in [7, 11) is 0. The van der Waals surface area contributed by atoms with Crippen LogP contribution in [-0.4, -0.2) is 45.7 Å². The van der Waals surface area contributed by atoms with Crippen LogP contribution in [0.1, 0.15) is 38.3 Å². The van der Waals surface area contributed by atoms with Crippen molar-refractivity contribution in [1.29, 1.82) is 0 Å². The quantitative estimate of drug-likeness (QED) is 0.516. The molecule has 0 amide bonds. The third-order valence-electron chi connectivity index (χ3n) is 5.85. The highest BCUT2D eigenvalue weighted by molar-refractivity contribution is 7.98. The van der Waals surface area contributed by atoms with Crippen LogP contribution in [0.2, 0.25) is 0 Å². The first kappa shape index (κ1) is 19.7. The molecule has 0 spiro atoms. The molecule has 8 nitrogen and oxygen atoms in total. The van der Waals surface area contributed by atoms with Gasteiger partial charge in [0, 0.05) is 31.5 Å². The van der Waals surface area contributed by atoms with E-state index in [0.29, 0.717) is 17.3 Å². The van der Waals surface area contributed by atoms with Gasteiger partial charge >= 0.3 is 0 Å². The van der Waals surface area contributed by atoms with Crippen LogP contribution in [0.15, 0.2) is 38.6 Å². The van der Waals surface area contributed by atoms with E-state index in [4.69, 9.17) is 13.7 Å². The highest BCUT2D eigenvalue weighted by Gasteiger charge is 2.26. The molecule has 3 aromatic rings. The zero-order chi connectivity index (χ0) is 20.3. The minimum atomic E-state index is 0.236. The summed E-state index contributed by atoms with van der Waals surface area (Å²) in [5.41, 5.74) is 0.853. The van der Waals surface area contributed by atoms with Gasteiger partial charge in [0.1, 0.15) is 0 Å². The Kier molecular flexibility index (Phi) is 5.81. The Morgan fingerprint density at radius 1 is 1.17 bits per heavy atom. The van der Waals surface area contributed by atoms with Gasteiger partial charge in [0.05, 0.1) is 24.6 Å². The molecule has 2 aliphatic rings. The van der Waals surface area contributed by atoms with Gasteiger partial charge in [-0.1, -0.05) is 23.8 Å². The Hall–Kier alpha value is -2.26. The first-order valence-electron chi connectivity index (χ1n) is 10.7. The van der Waals surface area contributed by atoms with Crippen LogP contribution >= 0.6 is 11.8 Å². The van der Waals surface area contributed by atoms with Crippen molar-refractivity contribution in [2.24, 2.45) is 5.92 Å². The molecule has 2 saturated heterocycles. The Morgan fingerprint density at radius 3 is 2.83 bits per heavy atom. The van der Waals surface area contributed by atoms with Crippen molar-refractivity contribution in [3.63, 3.8) is 0 Å². The number of hydrogen-bond acceptors (Lipinski definition) is 8. The van der Waals surface area contributed by atoms with Crippen LogP contribution in [0, 0.1) is 5.92 Å². The van der Waals surface area contributed by atoms with Gasteiger partial charge < -0.3 is 18.6 Å². The number of rotatable bonds is 7. The van der Waals surface area contributed by atoms with E-state index in [2.05, 4.69) is 31.7 Å². The lowest BCUT2D eigenvalue weighted by atomic mass is 10.00. The van der Waals surface area contributed by atoms with E-state index in [-0.39, 0.29) is 6.10 Å². The van der Waals surface area contributed by atoms with Gasteiger partial charge in [-0.3, -0.25) is 4.57 Å². The van der Waals surface area contributed by atoms with Crippen molar-refractivity contribution in [3.8, 4) is 11.5 Å². The molecule has 2 aliphatic heterocycles. The van der Waals surface area contributed by atoms with E-state index in [9.17, 15) is 0 Å². The Labute approximate surface area is 179 Å². The Balaban J connectivity index is 1.32. The molecule has 3 aromatic heterocycles. The van der Waals surface area contributed by atoms with Gasteiger partial charge in [-0.2, -0.15) is 0 Å². The minimum Gasteiger partial charge on any atom is -0.461 e. The number of thioether (sulfide) groups is 1. The molecule has 5 heterocycles. The van der Waals surface area contributed by atoms with Crippen molar-refractivity contribution in [3.05, 3.63) is 30.2 Å². The average molecular weight is 430 g/mol. The summed E-state index contributed by atoms with van der Waals surface area (Å²) in [6.45, 7) is 6.04. The van der Waals surface area contributed by atoms with E-state index in [0.717, 1.165) is 61.8 Å². The van der Waals surface area contributed by atoms with E-state index in [1.165, 1.54) is 12.8 Å². The molecule has 5 rings (SSSR count). The molecular weight excluding hydrogens is 402 g/mol. The predicted octanol–water partition coefficient (Wildman–Crippen LogP) is 4.23. The second-order valence-electron chi connectivity index (χ2n) is 8.15. The number of ether oxygens (including phenoxy) is 1. The van der Waals surface area contributed by atoms with Gasteiger partial charge in [-0.25, -0.2) is 0 Å². The monoisotopic (exact) mass is 429 g/mol. The maximum absolute atomic E-state index is 5.91. The second-order valence-corrected chi connectivity index (χ2v) is 9.09. The van der Waals surface area contributed by atoms with Crippen LogP contribution < -0.4 is 4.90 Å². The summed E-state index contributed by atoms with van der Waals surface area (Å²) in [6.07, 6.45) is 6.48. The van der Waals surface area contributed by atoms with Crippen LogP contribution in [0.25, 0.3) is 11.5 Å². The Bertz CT molecular complexity index is 940. The molecule has 0 aliphatic carbocycles. The smallest absolute Gasteiger partial charge is 0.228 e. The first-order valence-corrected chi connectivity index (χ1v) is 11.7. The summed E-state index contributed by atoms with van der Waals surface area (Å²) in [6, 6.07) is 5.61. The van der Waals surface area contributed by atoms with Crippen LogP contribution in [0.5, 0.6) is 0 Å². The van der Waals surface area contributed by atoms with Gasteiger partial charge in [-0.15, -0.1) is 10.2 Å². The highest BCUT2D eigenvalue weighted by Crippen LogP contribution is 2.30. The molecule has 30 heavy (non-hydrogen) atoms. The zero-order valence-corrected chi connectivity index (χ0v) is 18.0. The first-order chi connectivity index (χ1) is 14.8. The minimum absolute atomic E-state index is 0.236. The van der Waals surface area contributed by atoms with Gasteiger partial charge in [0.15, 0.2) is 10.9 Å². The van der Waals surface area contributed by atoms with Crippen molar-refractivity contribution in [2.75, 3.05) is 24.6 Å². The highest BCUT2D eigenvalue weighted by atomic mass is 32.2. The summed E-state index contributed by atoms with van der Waals surface area (Å²) in [5.74, 6) is 3.73. The molecule has 0 bridgehead atoms. The number of anilines is 1. The molecule has 2 fully saturated rings. The van der Waals surface area contributed by atoms with E-state index >= 15 is 0 Å². The van der Waals surface area contributed by atoms with Crippen molar-refractivity contribution >= 4 is 17.7 Å².